The van der Waals surface area contributed by atoms with E-state index in [0.717, 1.165) is 0 Å². The number of esters is 1. The highest BCUT2D eigenvalue weighted by molar-refractivity contribution is 5.73. The molecular formula is C12H9F5N2O2. The Bertz CT molecular complexity index is 578. The van der Waals surface area contributed by atoms with Gasteiger partial charge >= 0.3 is 12.1 Å². The highest BCUT2D eigenvalue weighted by Gasteiger charge is 2.38. The van der Waals surface area contributed by atoms with Gasteiger partial charge in [-0.15, -0.1) is 0 Å². The maximum Gasteiger partial charge on any atom is 0.433 e. The molecule has 1 rings (SSSR count). The Kier molecular flexibility index (Phi) is 5.18. The minimum Gasteiger partial charge on any atom is -0.466 e. The van der Waals surface area contributed by atoms with Crippen molar-refractivity contribution in [1.29, 1.82) is 5.26 Å². The van der Waals surface area contributed by atoms with Crippen molar-refractivity contribution in [3.63, 3.8) is 0 Å². The van der Waals surface area contributed by atoms with Crippen molar-refractivity contribution < 1.29 is 31.5 Å². The molecule has 1 heterocycles. The lowest BCUT2D eigenvalue weighted by Gasteiger charge is -2.14. The molecule has 0 aliphatic carbocycles. The molecule has 0 saturated heterocycles. The molecule has 21 heavy (non-hydrogen) atoms. The van der Waals surface area contributed by atoms with Gasteiger partial charge in [-0.25, -0.2) is 13.8 Å². The summed E-state index contributed by atoms with van der Waals surface area (Å²) in [6.45, 7) is 1.51. The van der Waals surface area contributed by atoms with Gasteiger partial charge in [-0.3, -0.25) is 4.79 Å². The summed E-state index contributed by atoms with van der Waals surface area (Å²) >= 11 is 0. The summed E-state index contributed by atoms with van der Waals surface area (Å²) < 4.78 is 67.9. The molecule has 114 valence electrons. The van der Waals surface area contributed by atoms with Gasteiger partial charge in [0.25, 0.3) is 6.43 Å². The van der Waals surface area contributed by atoms with Crippen LogP contribution >= 0.6 is 0 Å². The van der Waals surface area contributed by atoms with Gasteiger partial charge in [-0.1, -0.05) is 0 Å². The second-order valence-corrected chi connectivity index (χ2v) is 3.83. The minimum atomic E-state index is -5.13. The fourth-order valence-corrected chi connectivity index (χ4v) is 1.57. The first-order valence-corrected chi connectivity index (χ1v) is 5.65. The molecule has 4 nitrogen and oxygen atoms in total. The molecule has 0 aliphatic rings. The average molecular weight is 308 g/mol. The van der Waals surface area contributed by atoms with Crippen molar-refractivity contribution in [1.82, 2.24) is 4.98 Å². The van der Waals surface area contributed by atoms with Crippen LogP contribution in [0.25, 0.3) is 0 Å². The van der Waals surface area contributed by atoms with Crippen molar-refractivity contribution in [2.45, 2.75) is 25.9 Å². The molecule has 0 spiro atoms. The molecule has 0 radical (unpaired) electrons. The van der Waals surface area contributed by atoms with Gasteiger partial charge in [-0.2, -0.15) is 18.4 Å². The highest BCUT2D eigenvalue weighted by atomic mass is 19.4. The molecule has 0 N–H and O–H groups in total. The number of carbonyl (C=O) groups is 1. The van der Waals surface area contributed by atoms with E-state index in [1.807, 2.05) is 0 Å². The van der Waals surface area contributed by atoms with E-state index in [4.69, 9.17) is 5.26 Å². The lowest BCUT2D eigenvalue weighted by molar-refractivity contribution is -0.143. The normalized spacial score (nSPS) is 11.3. The van der Waals surface area contributed by atoms with Crippen LogP contribution in [0.4, 0.5) is 22.0 Å². The van der Waals surface area contributed by atoms with Crippen LogP contribution in [0.1, 0.15) is 35.9 Å². The van der Waals surface area contributed by atoms with Gasteiger partial charge in [0, 0.05) is 11.1 Å². The zero-order valence-corrected chi connectivity index (χ0v) is 10.7. The number of alkyl halides is 5. The summed E-state index contributed by atoms with van der Waals surface area (Å²) in [4.78, 5) is 14.2. The van der Waals surface area contributed by atoms with Crippen molar-refractivity contribution in [2.75, 3.05) is 6.61 Å². The molecule has 1 aromatic heterocycles. The Balaban J connectivity index is 3.37. The van der Waals surface area contributed by atoms with E-state index in [2.05, 4.69) is 9.72 Å². The number of nitrogens with zero attached hydrogens (tertiary/aromatic N) is 2. The zero-order chi connectivity index (χ0) is 16.2. The van der Waals surface area contributed by atoms with Crippen LogP contribution < -0.4 is 0 Å². The molecule has 0 saturated carbocycles. The second kappa shape index (κ2) is 6.47. The molecule has 0 amide bonds. The van der Waals surface area contributed by atoms with Crippen molar-refractivity contribution in [3.05, 3.63) is 28.6 Å². The van der Waals surface area contributed by atoms with E-state index in [9.17, 15) is 26.7 Å². The number of nitriles is 1. The molecule has 0 aromatic carbocycles. The van der Waals surface area contributed by atoms with E-state index >= 15 is 0 Å². The number of hydrogen-bond acceptors (Lipinski definition) is 4. The van der Waals surface area contributed by atoms with Gasteiger partial charge in [-0.05, 0) is 13.0 Å². The van der Waals surface area contributed by atoms with Gasteiger partial charge < -0.3 is 4.74 Å². The zero-order valence-electron chi connectivity index (χ0n) is 10.7. The third kappa shape index (κ3) is 4.11. The maximum absolute atomic E-state index is 12.7. The van der Waals surface area contributed by atoms with Gasteiger partial charge in [0.1, 0.15) is 11.8 Å². The number of hydrogen-bond donors (Lipinski definition) is 0. The minimum absolute atomic E-state index is 0.0104. The number of rotatable bonds is 4. The first-order valence-electron chi connectivity index (χ1n) is 5.65. The fraction of sp³-hybridized carbons (Fsp3) is 0.417. The Morgan fingerprint density at radius 1 is 1.48 bits per heavy atom. The van der Waals surface area contributed by atoms with E-state index < -0.39 is 41.9 Å². The quantitative estimate of drug-likeness (QED) is 0.633. The Morgan fingerprint density at radius 2 is 2.10 bits per heavy atom. The van der Waals surface area contributed by atoms with Crippen molar-refractivity contribution in [3.8, 4) is 6.07 Å². The summed E-state index contributed by atoms with van der Waals surface area (Å²) in [6, 6.07) is 1.83. The molecular weight excluding hydrogens is 299 g/mol. The molecule has 0 aliphatic heterocycles. The van der Waals surface area contributed by atoms with Gasteiger partial charge in [0.05, 0.1) is 13.0 Å². The van der Waals surface area contributed by atoms with Crippen molar-refractivity contribution >= 4 is 5.97 Å². The van der Waals surface area contributed by atoms with Crippen LogP contribution in [0.5, 0.6) is 0 Å². The number of ether oxygens (including phenoxy) is 1. The lowest BCUT2D eigenvalue weighted by Crippen LogP contribution is -2.17. The average Bonchev–Trinajstić information content (AvgIpc) is 2.37. The highest BCUT2D eigenvalue weighted by Crippen LogP contribution is 2.36. The molecule has 9 heteroatoms. The molecule has 0 atom stereocenters. The van der Waals surface area contributed by atoms with Crippen LogP contribution in [0.15, 0.2) is 6.07 Å². The summed E-state index contributed by atoms with van der Waals surface area (Å²) in [7, 11) is 0. The predicted molar refractivity (Wildman–Crippen MR) is 59.2 cm³/mol. The van der Waals surface area contributed by atoms with Crippen LogP contribution in [-0.2, 0) is 22.1 Å². The Morgan fingerprint density at radius 3 is 2.52 bits per heavy atom. The van der Waals surface area contributed by atoms with Crippen LogP contribution in [0.3, 0.4) is 0 Å². The number of halogens is 5. The van der Waals surface area contributed by atoms with Crippen LogP contribution in [0.2, 0.25) is 0 Å². The third-order valence-electron chi connectivity index (χ3n) is 2.38. The maximum atomic E-state index is 12.7. The summed E-state index contributed by atoms with van der Waals surface area (Å²) in [5.41, 5.74) is -4.28. The SMILES string of the molecule is CCOC(=O)Cc1cc(C(F)F)c(C(F)(F)F)nc1C#N. The molecule has 0 bridgehead atoms. The second-order valence-electron chi connectivity index (χ2n) is 3.83. The predicted octanol–water partition coefficient (Wildman–Crippen LogP) is 3.02. The summed E-state index contributed by atoms with van der Waals surface area (Å²) in [5.74, 6) is -0.851. The smallest absolute Gasteiger partial charge is 0.433 e. The number of aromatic nitrogens is 1. The summed E-state index contributed by atoms with van der Waals surface area (Å²) in [5, 5.41) is 8.76. The Labute approximate surface area is 116 Å². The van der Waals surface area contributed by atoms with E-state index in [1.165, 1.54) is 13.0 Å². The van der Waals surface area contributed by atoms with E-state index in [0.29, 0.717) is 6.07 Å². The first-order chi connectivity index (χ1) is 9.70. The Hall–Kier alpha value is -2.24. The topological polar surface area (TPSA) is 63.0 Å². The molecule has 1 aromatic rings. The van der Waals surface area contributed by atoms with Crippen LogP contribution in [0, 0.1) is 11.3 Å². The monoisotopic (exact) mass is 308 g/mol. The third-order valence-corrected chi connectivity index (χ3v) is 2.38. The first kappa shape index (κ1) is 16.8. The standard InChI is InChI=1S/C12H9F5N2O2/c1-2-21-9(20)4-6-3-7(11(13)14)10(12(15,16)17)19-8(6)5-18/h3,11H,2,4H2,1H3. The largest absolute Gasteiger partial charge is 0.466 e. The number of carbonyl (C=O) groups excluding carboxylic acids is 1. The van der Waals surface area contributed by atoms with Gasteiger partial charge in [0.2, 0.25) is 0 Å². The van der Waals surface area contributed by atoms with E-state index in [-0.39, 0.29) is 12.2 Å². The lowest BCUT2D eigenvalue weighted by atomic mass is 10.0. The van der Waals surface area contributed by atoms with E-state index in [1.54, 1.807) is 0 Å². The van der Waals surface area contributed by atoms with Gasteiger partial charge in [0.15, 0.2) is 5.69 Å². The fourth-order valence-electron chi connectivity index (χ4n) is 1.57. The molecule has 0 fully saturated rings. The van der Waals surface area contributed by atoms with Crippen molar-refractivity contribution in [2.24, 2.45) is 0 Å². The summed E-state index contributed by atoms with van der Waals surface area (Å²) in [6.07, 6.45) is -9.18. The number of pyridine rings is 1. The molecule has 0 unspecified atom stereocenters. The van der Waals surface area contributed by atoms with Crippen LogP contribution in [-0.4, -0.2) is 17.6 Å².